The zero-order valence-corrected chi connectivity index (χ0v) is 7.14. The van der Waals surface area contributed by atoms with Crippen molar-refractivity contribution in [2.75, 3.05) is 0 Å². The Morgan fingerprint density at radius 2 is 2.73 bits per heavy atom. The van der Waals surface area contributed by atoms with E-state index in [1.54, 1.807) is 6.20 Å². The smallest absolute Gasteiger partial charge is 0.105 e. The molecule has 1 heterocycles. The summed E-state index contributed by atoms with van der Waals surface area (Å²) in [6, 6.07) is 0. The highest BCUT2D eigenvalue weighted by Gasteiger charge is 2.54. The van der Waals surface area contributed by atoms with Crippen molar-refractivity contribution in [2.45, 2.75) is 25.4 Å². The monoisotopic (exact) mass is 170 g/mol. The molecule has 60 valence electrons. The van der Waals surface area contributed by atoms with Crippen molar-refractivity contribution in [1.82, 2.24) is 9.59 Å². The third kappa shape index (κ3) is 0.973. The predicted octanol–water partition coefficient (Wildman–Crippen LogP) is 1.16. The molecule has 1 saturated carbocycles. The molecule has 0 bridgehead atoms. The Kier molecular flexibility index (Phi) is 1.47. The molecule has 11 heavy (non-hydrogen) atoms. The number of aromatic nitrogens is 2. The van der Waals surface area contributed by atoms with E-state index in [2.05, 4.69) is 16.5 Å². The average Bonchev–Trinajstić information content (AvgIpc) is 2.55. The van der Waals surface area contributed by atoms with E-state index >= 15 is 0 Å². The van der Waals surface area contributed by atoms with Gasteiger partial charge in [-0.25, -0.2) is 0 Å². The number of hydrogen-bond acceptors (Lipinski definition) is 4. The van der Waals surface area contributed by atoms with Crippen molar-refractivity contribution >= 4 is 11.5 Å². The topological polar surface area (TPSA) is 46.0 Å². The molecule has 0 spiro atoms. The Morgan fingerprint density at radius 3 is 3.18 bits per heavy atom. The Morgan fingerprint density at radius 1 is 1.91 bits per heavy atom. The van der Waals surface area contributed by atoms with Crippen LogP contribution in [0.5, 0.6) is 0 Å². The first-order valence-corrected chi connectivity index (χ1v) is 4.55. The van der Waals surface area contributed by atoms with Crippen LogP contribution in [0.1, 0.15) is 24.6 Å². The molecule has 1 fully saturated rings. The lowest BCUT2D eigenvalue weighted by molar-refractivity contribution is 0.134. The van der Waals surface area contributed by atoms with Crippen molar-refractivity contribution < 1.29 is 5.11 Å². The quantitative estimate of drug-likeness (QED) is 0.724. The van der Waals surface area contributed by atoms with Crippen molar-refractivity contribution in [1.29, 1.82) is 0 Å². The van der Waals surface area contributed by atoms with Crippen molar-refractivity contribution in [3.63, 3.8) is 0 Å². The van der Waals surface area contributed by atoms with Crippen molar-refractivity contribution in [2.24, 2.45) is 5.92 Å². The first kappa shape index (κ1) is 7.18. The molecular weight excluding hydrogens is 160 g/mol. The highest BCUT2D eigenvalue weighted by Crippen LogP contribution is 2.54. The summed E-state index contributed by atoms with van der Waals surface area (Å²) in [5, 5.41) is 13.6. The molecule has 1 aliphatic rings. The molecule has 2 unspecified atom stereocenters. The summed E-state index contributed by atoms with van der Waals surface area (Å²) in [7, 11) is 0. The molecule has 1 aromatic heterocycles. The van der Waals surface area contributed by atoms with E-state index in [0.717, 1.165) is 17.7 Å². The molecule has 0 saturated heterocycles. The average molecular weight is 170 g/mol. The van der Waals surface area contributed by atoms with Crippen LogP contribution >= 0.6 is 11.5 Å². The summed E-state index contributed by atoms with van der Waals surface area (Å²) >= 11 is 1.30. The molecule has 0 amide bonds. The van der Waals surface area contributed by atoms with Gasteiger partial charge in [0, 0.05) is 0 Å². The molecule has 1 aliphatic carbocycles. The second-order valence-corrected chi connectivity index (χ2v) is 3.80. The van der Waals surface area contributed by atoms with Gasteiger partial charge in [-0.1, -0.05) is 17.8 Å². The van der Waals surface area contributed by atoms with Crippen LogP contribution in [-0.2, 0) is 5.60 Å². The molecule has 2 atom stereocenters. The lowest BCUT2D eigenvalue weighted by Gasteiger charge is -2.03. The van der Waals surface area contributed by atoms with E-state index in [4.69, 9.17) is 0 Å². The van der Waals surface area contributed by atoms with Crippen LogP contribution in [0.3, 0.4) is 0 Å². The fourth-order valence-corrected chi connectivity index (χ4v) is 2.14. The maximum atomic E-state index is 9.88. The lowest BCUT2D eigenvalue weighted by atomic mass is 10.2. The Balaban J connectivity index is 2.19. The van der Waals surface area contributed by atoms with Crippen LogP contribution in [0.15, 0.2) is 6.20 Å². The maximum Gasteiger partial charge on any atom is 0.105 e. The highest BCUT2D eigenvalue weighted by atomic mass is 32.1. The standard InChI is InChI=1S/C7H10N2OS/c1-2-5-3-7(5,10)6-4-8-9-11-6/h4-5,10H,2-3H2,1H3. The van der Waals surface area contributed by atoms with Gasteiger partial charge in [-0.3, -0.25) is 0 Å². The van der Waals surface area contributed by atoms with Crippen molar-refractivity contribution in [3.05, 3.63) is 11.1 Å². The predicted molar refractivity (Wildman–Crippen MR) is 42.2 cm³/mol. The number of aliphatic hydroxyl groups is 1. The minimum absolute atomic E-state index is 0.435. The van der Waals surface area contributed by atoms with Crippen LogP contribution in [0.2, 0.25) is 0 Å². The second-order valence-electron chi connectivity index (χ2n) is 3.02. The third-order valence-corrected chi connectivity index (χ3v) is 3.19. The van der Waals surface area contributed by atoms with E-state index in [9.17, 15) is 5.11 Å². The van der Waals surface area contributed by atoms with Gasteiger partial charge in [0.05, 0.1) is 11.1 Å². The van der Waals surface area contributed by atoms with Gasteiger partial charge in [0.2, 0.25) is 0 Å². The van der Waals surface area contributed by atoms with Gasteiger partial charge in [0.1, 0.15) is 5.60 Å². The first-order chi connectivity index (χ1) is 5.27. The number of rotatable bonds is 2. The molecule has 1 N–H and O–H groups in total. The number of nitrogens with zero attached hydrogens (tertiary/aromatic N) is 2. The molecule has 1 aromatic rings. The zero-order valence-electron chi connectivity index (χ0n) is 6.32. The molecule has 0 aliphatic heterocycles. The molecular formula is C7H10N2OS. The van der Waals surface area contributed by atoms with E-state index < -0.39 is 5.60 Å². The second kappa shape index (κ2) is 2.25. The lowest BCUT2D eigenvalue weighted by Crippen LogP contribution is -2.05. The summed E-state index contributed by atoms with van der Waals surface area (Å²) in [6.45, 7) is 2.09. The highest BCUT2D eigenvalue weighted by molar-refractivity contribution is 7.05. The van der Waals surface area contributed by atoms with Gasteiger partial charge in [0.25, 0.3) is 0 Å². The van der Waals surface area contributed by atoms with Crippen LogP contribution in [0, 0.1) is 5.92 Å². The summed E-state index contributed by atoms with van der Waals surface area (Å²) in [5.74, 6) is 0.435. The molecule has 4 heteroatoms. The maximum absolute atomic E-state index is 9.88. The van der Waals surface area contributed by atoms with Gasteiger partial charge < -0.3 is 5.11 Å². The molecule has 3 nitrogen and oxygen atoms in total. The summed E-state index contributed by atoms with van der Waals surface area (Å²) in [4.78, 5) is 0.921. The van der Waals surface area contributed by atoms with Crippen LogP contribution in [-0.4, -0.2) is 14.7 Å². The molecule has 0 aromatic carbocycles. The summed E-state index contributed by atoms with van der Waals surface area (Å²) in [6.07, 6.45) is 3.59. The van der Waals surface area contributed by atoms with E-state index in [-0.39, 0.29) is 0 Å². The fraction of sp³-hybridized carbons (Fsp3) is 0.714. The Bertz CT molecular complexity index is 249. The zero-order chi connectivity index (χ0) is 7.90. The van der Waals surface area contributed by atoms with Crippen LogP contribution in [0.25, 0.3) is 0 Å². The number of hydrogen-bond donors (Lipinski definition) is 1. The van der Waals surface area contributed by atoms with Gasteiger partial charge in [-0.05, 0) is 23.9 Å². The fourth-order valence-electron chi connectivity index (χ4n) is 1.46. The normalized spacial score (nSPS) is 35.6. The Hall–Kier alpha value is -0.480. The van der Waals surface area contributed by atoms with E-state index in [0.29, 0.717) is 5.92 Å². The first-order valence-electron chi connectivity index (χ1n) is 3.77. The SMILES string of the molecule is CCC1CC1(O)c1cnns1. The third-order valence-electron chi connectivity index (χ3n) is 2.35. The molecule has 0 radical (unpaired) electrons. The van der Waals surface area contributed by atoms with Gasteiger partial charge >= 0.3 is 0 Å². The minimum atomic E-state index is -0.567. The van der Waals surface area contributed by atoms with Gasteiger partial charge in [-0.15, -0.1) is 5.10 Å². The van der Waals surface area contributed by atoms with Crippen LogP contribution < -0.4 is 0 Å². The molecule has 2 rings (SSSR count). The minimum Gasteiger partial charge on any atom is -0.384 e. The summed E-state index contributed by atoms with van der Waals surface area (Å²) in [5.41, 5.74) is -0.567. The van der Waals surface area contributed by atoms with Gasteiger partial charge in [0.15, 0.2) is 0 Å². The Labute approximate surface area is 69.2 Å². The van der Waals surface area contributed by atoms with E-state index in [1.165, 1.54) is 11.5 Å². The van der Waals surface area contributed by atoms with Crippen LogP contribution in [0.4, 0.5) is 0 Å². The van der Waals surface area contributed by atoms with E-state index in [1.807, 2.05) is 0 Å². The van der Waals surface area contributed by atoms with Crippen molar-refractivity contribution in [3.8, 4) is 0 Å². The van der Waals surface area contributed by atoms with Gasteiger partial charge in [-0.2, -0.15) is 0 Å². The largest absolute Gasteiger partial charge is 0.384 e. The summed E-state index contributed by atoms with van der Waals surface area (Å²) < 4.78 is 3.73.